The van der Waals surface area contributed by atoms with Crippen molar-refractivity contribution < 1.29 is 18.0 Å². The average molecular weight is 427 g/mol. The molecule has 2 amide bonds. The molecular formula is C24H24F3N3O. The quantitative estimate of drug-likeness (QED) is 0.585. The molecule has 7 heteroatoms. The fourth-order valence-electron chi connectivity index (χ4n) is 4.94. The van der Waals surface area contributed by atoms with Crippen molar-refractivity contribution in [1.29, 1.82) is 5.26 Å². The van der Waals surface area contributed by atoms with E-state index in [0.717, 1.165) is 55.5 Å². The Morgan fingerprint density at radius 1 is 1.03 bits per heavy atom. The van der Waals surface area contributed by atoms with Gasteiger partial charge in [-0.1, -0.05) is 25.8 Å². The van der Waals surface area contributed by atoms with Gasteiger partial charge in [0.05, 0.1) is 29.3 Å². The summed E-state index contributed by atoms with van der Waals surface area (Å²) in [6, 6.07) is 10.5. The van der Waals surface area contributed by atoms with Crippen molar-refractivity contribution in [2.45, 2.75) is 64.2 Å². The van der Waals surface area contributed by atoms with Crippen LogP contribution >= 0.6 is 0 Å². The number of urea groups is 1. The molecule has 2 aliphatic rings. The van der Waals surface area contributed by atoms with Gasteiger partial charge in [-0.2, -0.15) is 18.4 Å². The lowest BCUT2D eigenvalue weighted by molar-refractivity contribution is -0.137. The number of hydrogen-bond donors (Lipinski definition) is 0. The van der Waals surface area contributed by atoms with Gasteiger partial charge in [-0.25, -0.2) is 4.79 Å². The van der Waals surface area contributed by atoms with Crippen molar-refractivity contribution in [2.75, 3.05) is 9.80 Å². The minimum Gasteiger partial charge on any atom is -0.289 e. The minimum atomic E-state index is -4.66. The topological polar surface area (TPSA) is 47.3 Å². The van der Waals surface area contributed by atoms with Crippen LogP contribution in [0.5, 0.6) is 0 Å². The second-order valence-electron chi connectivity index (χ2n) is 8.25. The summed E-state index contributed by atoms with van der Waals surface area (Å²) in [5.74, 6) is 0. The van der Waals surface area contributed by atoms with Crippen LogP contribution in [0.4, 0.5) is 29.3 Å². The van der Waals surface area contributed by atoms with E-state index in [1.807, 2.05) is 25.1 Å². The lowest BCUT2D eigenvalue weighted by Gasteiger charge is -2.32. The predicted molar refractivity (Wildman–Crippen MR) is 113 cm³/mol. The van der Waals surface area contributed by atoms with Gasteiger partial charge in [0.25, 0.3) is 0 Å². The van der Waals surface area contributed by atoms with Crippen LogP contribution in [-0.2, 0) is 12.6 Å². The van der Waals surface area contributed by atoms with Crippen LogP contribution in [0, 0.1) is 18.3 Å². The molecule has 162 valence electrons. The van der Waals surface area contributed by atoms with Gasteiger partial charge in [0.2, 0.25) is 0 Å². The van der Waals surface area contributed by atoms with Crippen LogP contribution in [0.1, 0.15) is 54.9 Å². The van der Waals surface area contributed by atoms with Crippen LogP contribution in [-0.4, -0.2) is 18.1 Å². The number of benzene rings is 2. The fourth-order valence-corrected chi connectivity index (χ4v) is 4.94. The maximum Gasteiger partial charge on any atom is 0.417 e. The van der Waals surface area contributed by atoms with E-state index in [4.69, 9.17) is 5.26 Å². The SMILES string of the molecule is CCc1ccc(N2C(=O)N(c3ccc(C#N)c(C(F)(F)F)c3)[C@H]3CCCC[C@@H]32)cc1C. The number of anilines is 2. The van der Waals surface area contributed by atoms with Gasteiger partial charge in [0, 0.05) is 11.4 Å². The van der Waals surface area contributed by atoms with Crippen LogP contribution < -0.4 is 9.80 Å². The van der Waals surface area contributed by atoms with E-state index in [0.29, 0.717) is 0 Å². The second-order valence-corrected chi connectivity index (χ2v) is 8.25. The Labute approximate surface area is 179 Å². The number of aryl methyl sites for hydroxylation is 2. The molecule has 1 saturated heterocycles. The summed E-state index contributed by atoms with van der Waals surface area (Å²) < 4.78 is 40.6. The number of carbonyl (C=O) groups is 1. The van der Waals surface area contributed by atoms with E-state index in [1.165, 1.54) is 16.5 Å². The normalized spacial score (nSPS) is 21.2. The van der Waals surface area contributed by atoms with Gasteiger partial charge in [-0.05, 0) is 67.6 Å². The number of halogens is 3. The van der Waals surface area contributed by atoms with E-state index < -0.39 is 17.3 Å². The van der Waals surface area contributed by atoms with Gasteiger partial charge in [-0.3, -0.25) is 9.80 Å². The van der Waals surface area contributed by atoms with E-state index in [-0.39, 0.29) is 23.8 Å². The molecule has 0 bridgehead atoms. The lowest BCUT2D eigenvalue weighted by Crippen LogP contribution is -2.40. The third-order valence-electron chi connectivity index (χ3n) is 6.46. The number of fused-ring (bicyclic) bond motifs is 1. The van der Waals surface area contributed by atoms with Crippen LogP contribution in [0.15, 0.2) is 36.4 Å². The van der Waals surface area contributed by atoms with Gasteiger partial charge in [0.1, 0.15) is 0 Å². The highest BCUT2D eigenvalue weighted by atomic mass is 19.4. The molecule has 2 aromatic carbocycles. The van der Waals surface area contributed by atoms with Crippen molar-refractivity contribution in [3.63, 3.8) is 0 Å². The first kappa shape index (κ1) is 21.2. The molecule has 0 unspecified atom stereocenters. The largest absolute Gasteiger partial charge is 0.417 e. The molecule has 4 rings (SSSR count). The molecule has 0 radical (unpaired) electrons. The third kappa shape index (κ3) is 3.65. The first-order chi connectivity index (χ1) is 14.8. The summed E-state index contributed by atoms with van der Waals surface area (Å²) in [6.07, 6.45) is -0.322. The van der Waals surface area contributed by atoms with Crippen molar-refractivity contribution in [3.05, 3.63) is 58.7 Å². The van der Waals surface area contributed by atoms with E-state index in [2.05, 4.69) is 6.92 Å². The molecule has 4 nitrogen and oxygen atoms in total. The van der Waals surface area contributed by atoms with Gasteiger partial charge >= 0.3 is 12.2 Å². The first-order valence-corrected chi connectivity index (χ1v) is 10.6. The zero-order valence-corrected chi connectivity index (χ0v) is 17.5. The van der Waals surface area contributed by atoms with Gasteiger partial charge in [-0.15, -0.1) is 0 Å². The Balaban J connectivity index is 1.78. The van der Waals surface area contributed by atoms with Crippen LogP contribution in [0.25, 0.3) is 0 Å². The second kappa shape index (κ2) is 7.92. The Hall–Kier alpha value is -3.01. The van der Waals surface area contributed by atoms with Gasteiger partial charge < -0.3 is 0 Å². The van der Waals surface area contributed by atoms with E-state index in [1.54, 1.807) is 11.0 Å². The zero-order valence-electron chi connectivity index (χ0n) is 17.5. The van der Waals surface area contributed by atoms with E-state index in [9.17, 15) is 18.0 Å². The summed E-state index contributed by atoms with van der Waals surface area (Å²) >= 11 is 0. The maximum absolute atomic E-state index is 13.6. The van der Waals surface area contributed by atoms with Crippen molar-refractivity contribution in [3.8, 4) is 6.07 Å². The van der Waals surface area contributed by atoms with Crippen LogP contribution in [0.3, 0.4) is 0 Å². The molecule has 2 fully saturated rings. The summed E-state index contributed by atoms with van der Waals surface area (Å²) in [4.78, 5) is 16.8. The van der Waals surface area contributed by atoms with E-state index >= 15 is 0 Å². The molecule has 1 aliphatic heterocycles. The highest BCUT2D eigenvalue weighted by Gasteiger charge is 2.48. The highest BCUT2D eigenvalue weighted by molar-refractivity contribution is 6.07. The molecule has 31 heavy (non-hydrogen) atoms. The molecule has 2 atom stereocenters. The van der Waals surface area contributed by atoms with Crippen molar-refractivity contribution in [1.82, 2.24) is 0 Å². The summed E-state index contributed by atoms with van der Waals surface area (Å²) in [7, 11) is 0. The smallest absolute Gasteiger partial charge is 0.289 e. The molecule has 0 N–H and O–H groups in total. The summed E-state index contributed by atoms with van der Waals surface area (Å²) in [6.45, 7) is 4.08. The number of nitrogens with zero attached hydrogens (tertiary/aromatic N) is 3. The zero-order chi connectivity index (χ0) is 22.3. The number of alkyl halides is 3. The average Bonchev–Trinajstić information content (AvgIpc) is 3.04. The van der Waals surface area contributed by atoms with Crippen molar-refractivity contribution >= 4 is 17.4 Å². The molecule has 0 spiro atoms. The standard InChI is InChI=1S/C24H24F3N3O/c1-3-16-8-10-18(12-15(16)2)29-21-6-4-5-7-22(21)30(23(29)31)19-11-9-17(14-28)20(13-19)24(25,26)27/h8-13,21-22H,3-7H2,1-2H3/t21-,22-/m0/s1. The summed E-state index contributed by atoms with van der Waals surface area (Å²) in [5, 5.41) is 9.10. The molecule has 1 heterocycles. The van der Waals surface area contributed by atoms with Crippen LogP contribution in [0.2, 0.25) is 0 Å². The third-order valence-corrected chi connectivity index (χ3v) is 6.46. The minimum absolute atomic E-state index is 0.0851. The number of hydrogen-bond acceptors (Lipinski definition) is 2. The number of nitriles is 1. The summed E-state index contributed by atoms with van der Waals surface area (Å²) in [5.41, 5.74) is 1.83. The first-order valence-electron chi connectivity index (χ1n) is 10.6. The Morgan fingerprint density at radius 2 is 1.61 bits per heavy atom. The predicted octanol–water partition coefficient (Wildman–Crippen LogP) is 6.21. The molecule has 0 aromatic heterocycles. The number of amides is 2. The maximum atomic E-state index is 13.6. The Morgan fingerprint density at radius 3 is 2.13 bits per heavy atom. The van der Waals surface area contributed by atoms with Gasteiger partial charge in [0.15, 0.2) is 0 Å². The fraction of sp³-hybridized carbons (Fsp3) is 0.417. The van der Waals surface area contributed by atoms with Crippen molar-refractivity contribution in [2.24, 2.45) is 0 Å². The molecular weight excluding hydrogens is 403 g/mol. The monoisotopic (exact) mass is 427 g/mol. The molecule has 1 aliphatic carbocycles. The number of rotatable bonds is 3. The number of carbonyl (C=O) groups excluding carboxylic acids is 1. The highest BCUT2D eigenvalue weighted by Crippen LogP contribution is 2.42. The Kier molecular flexibility index (Phi) is 5.42. The molecule has 1 saturated carbocycles. The molecule has 2 aromatic rings. The lowest BCUT2D eigenvalue weighted by atomic mass is 9.89. The Bertz CT molecular complexity index is 1060.